The van der Waals surface area contributed by atoms with Crippen molar-refractivity contribution in [3.05, 3.63) is 17.2 Å². The lowest BCUT2D eigenvalue weighted by Gasteiger charge is -2.22. The number of aromatic nitrogens is 2. The van der Waals surface area contributed by atoms with Crippen molar-refractivity contribution in [3.63, 3.8) is 0 Å². The summed E-state index contributed by atoms with van der Waals surface area (Å²) in [7, 11) is 0. The van der Waals surface area contributed by atoms with Crippen molar-refractivity contribution in [1.82, 2.24) is 14.1 Å². The Morgan fingerprint density at radius 2 is 2.19 bits per heavy atom. The highest BCUT2D eigenvalue weighted by molar-refractivity contribution is 7.00. The monoisotopic (exact) mass is 324 g/mol. The van der Waals surface area contributed by atoms with Crippen LogP contribution in [-0.2, 0) is 4.79 Å². The van der Waals surface area contributed by atoms with E-state index < -0.39 is 0 Å². The minimum atomic E-state index is -0.00377. The number of nitrogens with one attached hydrogen (secondary N) is 2. The maximum atomic E-state index is 12.1. The molecule has 1 aliphatic heterocycles. The summed E-state index contributed by atoms with van der Waals surface area (Å²) in [5, 5.41) is 6.74. The van der Waals surface area contributed by atoms with Gasteiger partial charge in [-0.3, -0.25) is 4.79 Å². The fourth-order valence-electron chi connectivity index (χ4n) is 2.65. The van der Waals surface area contributed by atoms with Gasteiger partial charge in [0.05, 0.1) is 22.4 Å². The lowest BCUT2D eigenvalue weighted by molar-refractivity contribution is -0.116. The second-order valence-electron chi connectivity index (χ2n) is 5.33. The summed E-state index contributed by atoms with van der Waals surface area (Å²) in [5.41, 5.74) is 2.01. The van der Waals surface area contributed by atoms with Gasteiger partial charge < -0.3 is 10.6 Å². The SMILES string of the molecule is O=C(CCC1CCNCC1)Nc1c(Cl)ccc2nsnc12. The van der Waals surface area contributed by atoms with Crippen LogP contribution in [0.1, 0.15) is 25.7 Å². The highest BCUT2D eigenvalue weighted by Crippen LogP contribution is 2.30. The molecule has 2 heterocycles. The molecule has 0 radical (unpaired) electrons. The number of amides is 1. The third-order valence-corrected chi connectivity index (χ3v) is 4.74. The van der Waals surface area contributed by atoms with Gasteiger partial charge in [0.1, 0.15) is 11.0 Å². The van der Waals surface area contributed by atoms with Crippen LogP contribution in [0.3, 0.4) is 0 Å². The van der Waals surface area contributed by atoms with E-state index in [1.807, 2.05) is 6.07 Å². The smallest absolute Gasteiger partial charge is 0.224 e. The Morgan fingerprint density at radius 1 is 1.38 bits per heavy atom. The van der Waals surface area contributed by atoms with Crippen LogP contribution in [0.4, 0.5) is 5.69 Å². The Bertz CT molecular complexity index is 639. The molecule has 3 rings (SSSR count). The van der Waals surface area contributed by atoms with Crippen molar-refractivity contribution >= 4 is 46.0 Å². The van der Waals surface area contributed by atoms with E-state index in [2.05, 4.69) is 19.4 Å². The lowest BCUT2D eigenvalue weighted by Crippen LogP contribution is -2.28. The molecule has 0 atom stereocenters. The first-order valence-corrected chi connectivity index (χ1v) is 8.26. The molecule has 21 heavy (non-hydrogen) atoms. The summed E-state index contributed by atoms with van der Waals surface area (Å²) < 4.78 is 8.37. The molecule has 112 valence electrons. The van der Waals surface area contributed by atoms with Crippen molar-refractivity contribution < 1.29 is 4.79 Å². The van der Waals surface area contributed by atoms with Crippen LogP contribution in [0, 0.1) is 5.92 Å². The third-order valence-electron chi connectivity index (χ3n) is 3.88. The molecule has 1 aromatic carbocycles. The molecule has 0 saturated carbocycles. The minimum Gasteiger partial charge on any atom is -0.323 e. The molecule has 0 aliphatic carbocycles. The van der Waals surface area contributed by atoms with Crippen LogP contribution in [-0.4, -0.2) is 27.7 Å². The van der Waals surface area contributed by atoms with Gasteiger partial charge in [0.15, 0.2) is 0 Å². The number of benzene rings is 1. The number of rotatable bonds is 4. The second kappa shape index (κ2) is 6.68. The van der Waals surface area contributed by atoms with Crippen LogP contribution in [0.15, 0.2) is 12.1 Å². The van der Waals surface area contributed by atoms with Gasteiger partial charge in [-0.2, -0.15) is 8.75 Å². The van der Waals surface area contributed by atoms with Gasteiger partial charge in [-0.05, 0) is 50.4 Å². The predicted molar refractivity (Wildman–Crippen MR) is 85.9 cm³/mol. The number of piperidine rings is 1. The third kappa shape index (κ3) is 3.51. The van der Waals surface area contributed by atoms with Crippen molar-refractivity contribution in [2.45, 2.75) is 25.7 Å². The normalized spacial score (nSPS) is 16.2. The van der Waals surface area contributed by atoms with E-state index in [9.17, 15) is 4.79 Å². The van der Waals surface area contributed by atoms with Crippen molar-refractivity contribution in [3.8, 4) is 0 Å². The Morgan fingerprint density at radius 3 is 3.00 bits per heavy atom. The molecule has 2 N–H and O–H groups in total. The molecule has 0 spiro atoms. The van der Waals surface area contributed by atoms with Gasteiger partial charge in [-0.1, -0.05) is 11.6 Å². The molecule has 1 aromatic heterocycles. The Labute approximate surface area is 132 Å². The van der Waals surface area contributed by atoms with E-state index in [-0.39, 0.29) is 5.91 Å². The van der Waals surface area contributed by atoms with Crippen LogP contribution in [0.25, 0.3) is 11.0 Å². The van der Waals surface area contributed by atoms with Crippen molar-refractivity contribution in [1.29, 1.82) is 0 Å². The van der Waals surface area contributed by atoms with Crippen LogP contribution < -0.4 is 10.6 Å². The zero-order valence-corrected chi connectivity index (χ0v) is 13.1. The maximum Gasteiger partial charge on any atom is 0.224 e. The molecular formula is C14H17ClN4OS. The van der Waals surface area contributed by atoms with Crippen LogP contribution >= 0.6 is 23.3 Å². The van der Waals surface area contributed by atoms with E-state index in [0.717, 1.165) is 49.6 Å². The molecule has 0 unspecified atom stereocenters. The first-order valence-electron chi connectivity index (χ1n) is 7.15. The fraction of sp³-hybridized carbons (Fsp3) is 0.500. The second-order valence-corrected chi connectivity index (χ2v) is 6.27. The van der Waals surface area contributed by atoms with Crippen molar-refractivity contribution in [2.24, 2.45) is 5.92 Å². The first kappa shape index (κ1) is 14.7. The van der Waals surface area contributed by atoms with Gasteiger partial charge >= 0.3 is 0 Å². The number of hydrogen-bond donors (Lipinski definition) is 2. The van der Waals surface area contributed by atoms with E-state index in [1.165, 1.54) is 0 Å². The molecule has 1 fully saturated rings. The number of carbonyl (C=O) groups excluding carboxylic acids is 1. The summed E-state index contributed by atoms with van der Waals surface area (Å²) in [6.45, 7) is 2.11. The van der Waals surface area contributed by atoms with Crippen LogP contribution in [0.2, 0.25) is 5.02 Å². The van der Waals surface area contributed by atoms with Crippen LogP contribution in [0.5, 0.6) is 0 Å². The highest BCUT2D eigenvalue weighted by Gasteiger charge is 2.16. The molecule has 1 aliphatic rings. The quantitative estimate of drug-likeness (QED) is 0.907. The zero-order valence-electron chi connectivity index (χ0n) is 11.6. The average Bonchev–Trinajstić information content (AvgIpc) is 2.98. The predicted octanol–water partition coefficient (Wildman–Crippen LogP) is 3.06. The number of carbonyl (C=O) groups is 1. The maximum absolute atomic E-state index is 12.1. The molecule has 1 saturated heterocycles. The summed E-state index contributed by atoms with van der Waals surface area (Å²) >= 11 is 7.29. The molecule has 0 bridgehead atoms. The molecule has 5 nitrogen and oxygen atoms in total. The fourth-order valence-corrected chi connectivity index (χ4v) is 3.40. The van der Waals surface area contributed by atoms with E-state index in [1.54, 1.807) is 6.07 Å². The highest BCUT2D eigenvalue weighted by atomic mass is 35.5. The Kier molecular flexibility index (Phi) is 4.67. The van der Waals surface area contributed by atoms with Gasteiger partial charge in [0, 0.05) is 6.42 Å². The first-order chi connectivity index (χ1) is 10.2. The number of anilines is 1. The van der Waals surface area contributed by atoms with E-state index >= 15 is 0 Å². The average molecular weight is 325 g/mol. The number of halogens is 1. The lowest BCUT2D eigenvalue weighted by atomic mass is 9.93. The number of hydrogen-bond acceptors (Lipinski definition) is 5. The number of nitrogens with zero attached hydrogens (tertiary/aromatic N) is 2. The molecule has 1 amide bonds. The van der Waals surface area contributed by atoms with E-state index in [4.69, 9.17) is 11.6 Å². The van der Waals surface area contributed by atoms with E-state index in [0.29, 0.717) is 28.6 Å². The summed E-state index contributed by atoms with van der Waals surface area (Å²) in [6, 6.07) is 3.56. The molecular weight excluding hydrogens is 308 g/mol. The minimum absolute atomic E-state index is 0.00377. The van der Waals surface area contributed by atoms with Gasteiger partial charge in [-0.25, -0.2) is 0 Å². The topological polar surface area (TPSA) is 66.9 Å². The molecule has 7 heteroatoms. The van der Waals surface area contributed by atoms with Crippen molar-refractivity contribution in [2.75, 3.05) is 18.4 Å². The van der Waals surface area contributed by atoms with Gasteiger partial charge in [-0.15, -0.1) is 0 Å². The summed E-state index contributed by atoms with van der Waals surface area (Å²) in [4.78, 5) is 12.1. The zero-order chi connectivity index (χ0) is 14.7. The Balaban J connectivity index is 1.63. The number of fused-ring (bicyclic) bond motifs is 1. The van der Waals surface area contributed by atoms with Gasteiger partial charge in [0.2, 0.25) is 5.91 Å². The van der Waals surface area contributed by atoms with Gasteiger partial charge in [0.25, 0.3) is 0 Å². The summed E-state index contributed by atoms with van der Waals surface area (Å²) in [5.74, 6) is 0.639. The summed E-state index contributed by atoms with van der Waals surface area (Å²) in [6.07, 6.45) is 3.75. The largest absolute Gasteiger partial charge is 0.323 e. The Hall–Kier alpha value is -1.24. The standard InChI is InChI=1S/C14H17ClN4OS/c15-10-2-3-11-14(19-21-18-11)13(10)17-12(20)4-1-9-5-7-16-8-6-9/h2-3,9,16H,1,4-8H2,(H,17,20). The molecule has 2 aromatic rings.